The lowest BCUT2D eigenvalue weighted by Gasteiger charge is -2.07. The summed E-state index contributed by atoms with van der Waals surface area (Å²) in [4.78, 5) is 11.9. The number of carbonyl (C=O) groups excluding carboxylic acids is 1. The highest BCUT2D eigenvalue weighted by Gasteiger charge is 2.04. The summed E-state index contributed by atoms with van der Waals surface area (Å²) in [6.45, 7) is 0.690. The number of nitrogens with two attached hydrogens (primary N) is 1. The van der Waals surface area contributed by atoms with Crippen molar-refractivity contribution < 1.29 is 9.53 Å². The second-order valence-electron chi connectivity index (χ2n) is 5.50. The molecule has 0 aliphatic carbocycles. The molecule has 2 aromatic carbocycles. The number of ether oxygens (including phenoxy) is 1. The SMILES string of the molecule is COc1ccc(CCCNC(=O)CCc2ccccc2N)cc1.Cl. The Kier molecular flexibility index (Phi) is 8.72. The smallest absolute Gasteiger partial charge is 0.220 e. The lowest BCUT2D eigenvalue weighted by molar-refractivity contribution is -0.121. The molecule has 0 saturated heterocycles. The van der Waals surface area contributed by atoms with Gasteiger partial charge in [0.15, 0.2) is 0 Å². The predicted molar refractivity (Wildman–Crippen MR) is 101 cm³/mol. The topological polar surface area (TPSA) is 64.3 Å². The molecule has 0 spiro atoms. The maximum atomic E-state index is 11.9. The Morgan fingerprint density at radius 3 is 2.46 bits per heavy atom. The number of methoxy groups -OCH3 is 1. The highest BCUT2D eigenvalue weighted by molar-refractivity contribution is 5.85. The van der Waals surface area contributed by atoms with Crippen LogP contribution < -0.4 is 15.8 Å². The molecule has 0 bridgehead atoms. The first-order valence-electron chi connectivity index (χ1n) is 7.92. The van der Waals surface area contributed by atoms with Crippen molar-refractivity contribution in [1.29, 1.82) is 0 Å². The van der Waals surface area contributed by atoms with Gasteiger partial charge in [0.1, 0.15) is 5.75 Å². The van der Waals surface area contributed by atoms with Crippen molar-refractivity contribution in [1.82, 2.24) is 5.32 Å². The van der Waals surface area contributed by atoms with E-state index in [4.69, 9.17) is 10.5 Å². The fraction of sp³-hybridized carbons (Fsp3) is 0.316. The summed E-state index contributed by atoms with van der Waals surface area (Å²) in [6.07, 6.45) is 3.01. The van der Waals surface area contributed by atoms with Gasteiger partial charge in [0, 0.05) is 18.7 Å². The molecule has 0 saturated carbocycles. The fourth-order valence-electron chi connectivity index (χ4n) is 2.41. The third-order valence-corrected chi connectivity index (χ3v) is 3.80. The van der Waals surface area contributed by atoms with Crippen LogP contribution in [0.1, 0.15) is 24.0 Å². The summed E-state index contributed by atoms with van der Waals surface area (Å²) in [6, 6.07) is 15.7. The molecule has 0 aliphatic rings. The summed E-state index contributed by atoms with van der Waals surface area (Å²) in [5.74, 6) is 0.935. The van der Waals surface area contributed by atoms with E-state index in [1.165, 1.54) is 5.56 Å². The summed E-state index contributed by atoms with van der Waals surface area (Å²) in [7, 11) is 1.66. The second-order valence-corrected chi connectivity index (χ2v) is 5.50. The van der Waals surface area contributed by atoms with E-state index in [1.54, 1.807) is 7.11 Å². The Bertz CT molecular complexity index is 630. The number of carbonyl (C=O) groups is 1. The molecule has 0 fully saturated rings. The standard InChI is InChI=1S/C19H24N2O2.ClH/c1-23-17-11-8-15(9-12-17)5-4-14-21-19(22)13-10-16-6-2-3-7-18(16)20;/h2-3,6-9,11-12H,4-5,10,13-14,20H2,1H3,(H,21,22);1H. The van der Waals surface area contributed by atoms with E-state index in [2.05, 4.69) is 17.4 Å². The Morgan fingerprint density at radius 2 is 1.79 bits per heavy atom. The van der Waals surface area contributed by atoms with Gasteiger partial charge < -0.3 is 15.8 Å². The zero-order valence-corrected chi connectivity index (χ0v) is 14.8. The van der Waals surface area contributed by atoms with Crippen LogP contribution in [-0.2, 0) is 17.6 Å². The minimum Gasteiger partial charge on any atom is -0.497 e. The first kappa shape index (κ1) is 19.8. The number of rotatable bonds is 8. The van der Waals surface area contributed by atoms with Gasteiger partial charge in [0.25, 0.3) is 0 Å². The van der Waals surface area contributed by atoms with Crippen LogP contribution >= 0.6 is 12.4 Å². The van der Waals surface area contributed by atoms with Crippen molar-refractivity contribution in [2.75, 3.05) is 19.4 Å². The van der Waals surface area contributed by atoms with Crippen LogP contribution in [0.5, 0.6) is 5.75 Å². The Hall–Kier alpha value is -2.20. The number of benzene rings is 2. The zero-order chi connectivity index (χ0) is 16.5. The number of halogens is 1. The van der Waals surface area contributed by atoms with E-state index in [0.717, 1.165) is 29.8 Å². The molecule has 0 unspecified atom stereocenters. The molecule has 0 atom stereocenters. The van der Waals surface area contributed by atoms with Crippen molar-refractivity contribution in [3.05, 3.63) is 59.7 Å². The van der Waals surface area contributed by atoms with E-state index in [9.17, 15) is 4.79 Å². The number of amides is 1. The molecular weight excluding hydrogens is 324 g/mol. The third-order valence-electron chi connectivity index (χ3n) is 3.80. The van der Waals surface area contributed by atoms with E-state index in [0.29, 0.717) is 19.4 Å². The van der Waals surface area contributed by atoms with Gasteiger partial charge in [-0.3, -0.25) is 4.79 Å². The van der Waals surface area contributed by atoms with Gasteiger partial charge in [0.05, 0.1) is 7.11 Å². The van der Waals surface area contributed by atoms with Gasteiger partial charge in [0.2, 0.25) is 5.91 Å². The molecule has 1 amide bonds. The van der Waals surface area contributed by atoms with Crippen LogP contribution in [0.15, 0.2) is 48.5 Å². The van der Waals surface area contributed by atoms with Crippen molar-refractivity contribution in [3.63, 3.8) is 0 Å². The quantitative estimate of drug-likeness (QED) is 0.567. The van der Waals surface area contributed by atoms with E-state index in [-0.39, 0.29) is 18.3 Å². The number of hydrogen-bond donors (Lipinski definition) is 2. The van der Waals surface area contributed by atoms with E-state index in [1.807, 2.05) is 36.4 Å². The molecule has 130 valence electrons. The number of aryl methyl sites for hydroxylation is 2. The van der Waals surface area contributed by atoms with Crippen LogP contribution in [0.4, 0.5) is 5.69 Å². The molecule has 3 N–H and O–H groups in total. The summed E-state index contributed by atoms with van der Waals surface area (Å²) in [5.41, 5.74) is 8.90. The molecular formula is C19H25ClN2O2. The van der Waals surface area contributed by atoms with Gasteiger partial charge >= 0.3 is 0 Å². The molecule has 0 radical (unpaired) electrons. The Morgan fingerprint density at radius 1 is 1.08 bits per heavy atom. The lowest BCUT2D eigenvalue weighted by atomic mass is 10.1. The summed E-state index contributed by atoms with van der Waals surface area (Å²) >= 11 is 0. The highest BCUT2D eigenvalue weighted by Crippen LogP contribution is 2.13. The number of para-hydroxylation sites is 1. The lowest BCUT2D eigenvalue weighted by Crippen LogP contribution is -2.25. The van der Waals surface area contributed by atoms with Gasteiger partial charge in [-0.15, -0.1) is 12.4 Å². The summed E-state index contributed by atoms with van der Waals surface area (Å²) in [5, 5.41) is 2.96. The predicted octanol–water partition coefficient (Wildman–Crippen LogP) is 3.38. The van der Waals surface area contributed by atoms with Crippen molar-refractivity contribution >= 4 is 24.0 Å². The van der Waals surface area contributed by atoms with Gasteiger partial charge in [-0.05, 0) is 48.6 Å². The Labute approximate surface area is 149 Å². The number of nitrogen functional groups attached to an aromatic ring is 1. The monoisotopic (exact) mass is 348 g/mol. The van der Waals surface area contributed by atoms with Crippen LogP contribution in [0.3, 0.4) is 0 Å². The van der Waals surface area contributed by atoms with Crippen molar-refractivity contribution in [3.8, 4) is 5.75 Å². The Balaban J connectivity index is 0.00000288. The minimum absolute atomic E-state index is 0. The van der Waals surface area contributed by atoms with Crippen molar-refractivity contribution in [2.24, 2.45) is 0 Å². The average molecular weight is 349 g/mol. The third kappa shape index (κ3) is 6.50. The normalized spacial score (nSPS) is 9.88. The molecule has 5 heteroatoms. The van der Waals surface area contributed by atoms with Crippen LogP contribution in [-0.4, -0.2) is 19.6 Å². The van der Waals surface area contributed by atoms with Crippen LogP contribution in [0.2, 0.25) is 0 Å². The molecule has 0 aliphatic heterocycles. The van der Waals surface area contributed by atoms with E-state index >= 15 is 0 Å². The van der Waals surface area contributed by atoms with Gasteiger partial charge in [-0.25, -0.2) is 0 Å². The first-order chi connectivity index (χ1) is 11.2. The van der Waals surface area contributed by atoms with Gasteiger partial charge in [-0.1, -0.05) is 30.3 Å². The minimum atomic E-state index is 0. The van der Waals surface area contributed by atoms with Crippen LogP contribution in [0.25, 0.3) is 0 Å². The molecule has 4 nitrogen and oxygen atoms in total. The van der Waals surface area contributed by atoms with Gasteiger partial charge in [-0.2, -0.15) is 0 Å². The first-order valence-corrected chi connectivity index (χ1v) is 7.92. The van der Waals surface area contributed by atoms with E-state index < -0.39 is 0 Å². The zero-order valence-electron chi connectivity index (χ0n) is 14.0. The molecule has 0 aromatic heterocycles. The molecule has 2 rings (SSSR count). The number of hydrogen-bond acceptors (Lipinski definition) is 3. The molecule has 0 heterocycles. The van der Waals surface area contributed by atoms with Crippen molar-refractivity contribution in [2.45, 2.75) is 25.7 Å². The summed E-state index contributed by atoms with van der Waals surface area (Å²) < 4.78 is 5.13. The number of nitrogens with one attached hydrogen (secondary N) is 1. The average Bonchev–Trinajstić information content (AvgIpc) is 2.58. The second kappa shape index (κ2) is 10.6. The van der Waals surface area contributed by atoms with Crippen LogP contribution in [0, 0.1) is 0 Å². The molecule has 24 heavy (non-hydrogen) atoms. The number of anilines is 1. The maximum Gasteiger partial charge on any atom is 0.220 e. The fourth-order valence-corrected chi connectivity index (χ4v) is 2.41. The maximum absolute atomic E-state index is 11.9. The molecule has 2 aromatic rings. The largest absolute Gasteiger partial charge is 0.497 e. The highest BCUT2D eigenvalue weighted by atomic mass is 35.5.